The van der Waals surface area contributed by atoms with Crippen molar-refractivity contribution in [1.29, 1.82) is 0 Å². The summed E-state index contributed by atoms with van der Waals surface area (Å²) in [6.07, 6.45) is -1.97. The van der Waals surface area contributed by atoms with Crippen molar-refractivity contribution in [2.45, 2.75) is 44.0 Å². The van der Waals surface area contributed by atoms with Gasteiger partial charge >= 0.3 is 6.18 Å². The lowest BCUT2D eigenvalue weighted by molar-refractivity contribution is -0.137. The summed E-state index contributed by atoms with van der Waals surface area (Å²) in [7, 11) is 0. The average molecular weight is 372 g/mol. The van der Waals surface area contributed by atoms with Gasteiger partial charge in [0.05, 0.1) is 24.1 Å². The number of aliphatic hydroxyl groups is 1. The van der Waals surface area contributed by atoms with Crippen molar-refractivity contribution < 1.29 is 27.8 Å². The predicted molar refractivity (Wildman–Crippen MR) is 87.5 cm³/mol. The molecule has 2 fully saturated rings. The quantitative estimate of drug-likeness (QED) is 0.858. The molecule has 0 radical (unpaired) electrons. The Morgan fingerprint density at radius 2 is 2.08 bits per heavy atom. The Kier molecular flexibility index (Phi) is 5.94. The van der Waals surface area contributed by atoms with E-state index in [4.69, 9.17) is 4.74 Å². The summed E-state index contributed by atoms with van der Waals surface area (Å²) in [5.41, 5.74) is -0.696. The lowest BCUT2D eigenvalue weighted by Crippen LogP contribution is -2.41. The zero-order valence-electron chi connectivity index (χ0n) is 14.4. The number of hydrogen-bond donors (Lipinski definition) is 1. The van der Waals surface area contributed by atoms with Gasteiger partial charge in [-0.1, -0.05) is 0 Å². The second-order valence-corrected chi connectivity index (χ2v) is 7.09. The summed E-state index contributed by atoms with van der Waals surface area (Å²) in [4.78, 5) is 18.5. The molecule has 144 valence electrons. The first-order valence-corrected chi connectivity index (χ1v) is 8.87. The number of rotatable bonds is 5. The van der Waals surface area contributed by atoms with Crippen molar-refractivity contribution in [3.8, 4) is 0 Å². The fourth-order valence-corrected chi connectivity index (χ4v) is 3.72. The fourth-order valence-electron chi connectivity index (χ4n) is 3.72. The monoisotopic (exact) mass is 372 g/mol. The number of ether oxygens (including phenoxy) is 1. The number of alkyl halides is 3. The van der Waals surface area contributed by atoms with Crippen LogP contribution in [0.4, 0.5) is 13.2 Å². The third-order valence-corrected chi connectivity index (χ3v) is 5.09. The molecule has 0 bridgehead atoms. The van der Waals surface area contributed by atoms with Crippen molar-refractivity contribution in [2.75, 3.05) is 26.3 Å². The largest absolute Gasteiger partial charge is 0.416 e. The number of aliphatic hydroxyl groups excluding tert-OH is 1. The van der Waals surface area contributed by atoms with Gasteiger partial charge < -0.3 is 9.84 Å². The predicted octanol–water partition coefficient (Wildman–Crippen LogP) is 2.07. The number of hydrogen-bond acceptors (Lipinski definition) is 5. The number of ketones is 1. The van der Waals surface area contributed by atoms with Crippen molar-refractivity contribution in [3.05, 3.63) is 29.6 Å². The van der Waals surface area contributed by atoms with E-state index in [1.54, 1.807) is 0 Å². The Labute approximate surface area is 150 Å². The van der Waals surface area contributed by atoms with Crippen LogP contribution in [-0.4, -0.2) is 59.2 Å². The number of carbonyl (C=O) groups is 1. The Morgan fingerprint density at radius 3 is 2.77 bits per heavy atom. The zero-order chi connectivity index (χ0) is 18.7. The Bertz CT molecular complexity index is 632. The van der Waals surface area contributed by atoms with E-state index in [0.29, 0.717) is 38.6 Å². The van der Waals surface area contributed by atoms with Crippen molar-refractivity contribution in [2.24, 2.45) is 5.92 Å². The molecule has 1 N–H and O–H groups in total. The highest BCUT2D eigenvalue weighted by atomic mass is 19.4. The summed E-state index contributed by atoms with van der Waals surface area (Å²) in [5.74, 6) is 0.219. The van der Waals surface area contributed by atoms with E-state index < -0.39 is 23.9 Å². The highest BCUT2D eigenvalue weighted by Gasteiger charge is 2.37. The smallest absolute Gasteiger partial charge is 0.392 e. The second-order valence-electron chi connectivity index (χ2n) is 7.09. The summed E-state index contributed by atoms with van der Waals surface area (Å²) < 4.78 is 43.8. The van der Waals surface area contributed by atoms with E-state index >= 15 is 0 Å². The van der Waals surface area contributed by atoms with Crippen LogP contribution in [0.1, 0.15) is 30.5 Å². The minimum absolute atomic E-state index is 0.109. The Hall–Kier alpha value is -1.51. The minimum atomic E-state index is -4.46. The average Bonchev–Trinajstić information content (AvgIpc) is 2.96. The molecule has 2 aliphatic heterocycles. The van der Waals surface area contributed by atoms with Gasteiger partial charge in [-0.15, -0.1) is 0 Å². The standard InChI is InChI=1S/C18H23F3N2O3/c19-18(20,21)13-1-4-22-14(7-13)8-17(25)16-9-15(24)11-23(16)10-12-2-5-26-6-3-12/h1,4,7,12,15-16,24H,2-3,5-6,8-11H2/t15-,16+/m1/s1. The first-order chi connectivity index (χ1) is 12.3. The number of carbonyl (C=O) groups excluding carboxylic acids is 1. The fraction of sp³-hybridized carbons (Fsp3) is 0.667. The van der Waals surface area contributed by atoms with Gasteiger partial charge in [0.1, 0.15) is 0 Å². The first kappa shape index (κ1) is 19.3. The maximum absolute atomic E-state index is 12.8. The molecule has 0 amide bonds. The molecule has 3 rings (SSSR count). The van der Waals surface area contributed by atoms with Crippen molar-refractivity contribution in [3.63, 3.8) is 0 Å². The molecule has 1 aromatic heterocycles. The number of likely N-dealkylation sites (tertiary alicyclic amines) is 1. The van der Waals surface area contributed by atoms with Gasteiger partial charge in [0.2, 0.25) is 0 Å². The maximum Gasteiger partial charge on any atom is 0.416 e. The molecule has 2 atom stereocenters. The second kappa shape index (κ2) is 8.02. The van der Waals surface area contributed by atoms with Crippen LogP contribution >= 0.6 is 0 Å². The Morgan fingerprint density at radius 1 is 1.35 bits per heavy atom. The number of halogens is 3. The van der Waals surface area contributed by atoms with Gasteiger partial charge in [-0.25, -0.2) is 0 Å². The van der Waals surface area contributed by atoms with E-state index in [9.17, 15) is 23.1 Å². The van der Waals surface area contributed by atoms with Crippen molar-refractivity contribution >= 4 is 5.78 Å². The zero-order valence-corrected chi connectivity index (χ0v) is 14.4. The normalized spacial score (nSPS) is 25.5. The SMILES string of the molecule is O=C(Cc1cc(C(F)(F)F)ccn1)[C@@H]1C[C@@H](O)CN1CC1CCOCC1. The van der Waals surface area contributed by atoms with E-state index in [-0.39, 0.29) is 17.9 Å². The van der Waals surface area contributed by atoms with Crippen LogP contribution in [0, 0.1) is 5.92 Å². The number of pyridine rings is 1. The summed E-state index contributed by atoms with van der Waals surface area (Å²) in [6, 6.07) is 1.35. The van der Waals surface area contributed by atoms with E-state index in [0.717, 1.165) is 31.2 Å². The highest BCUT2D eigenvalue weighted by Crippen LogP contribution is 2.29. The van der Waals surface area contributed by atoms with Crippen LogP contribution in [0.25, 0.3) is 0 Å². The lowest BCUT2D eigenvalue weighted by Gasteiger charge is -2.30. The van der Waals surface area contributed by atoms with Gasteiger partial charge in [-0.3, -0.25) is 14.7 Å². The van der Waals surface area contributed by atoms with Gasteiger partial charge in [0.15, 0.2) is 5.78 Å². The molecular weight excluding hydrogens is 349 g/mol. The summed E-state index contributed by atoms with van der Waals surface area (Å²) in [5, 5.41) is 9.98. The molecule has 2 aliphatic rings. The number of aromatic nitrogens is 1. The highest BCUT2D eigenvalue weighted by molar-refractivity contribution is 5.86. The molecule has 3 heterocycles. The van der Waals surface area contributed by atoms with Gasteiger partial charge in [-0.05, 0) is 37.3 Å². The minimum Gasteiger partial charge on any atom is -0.392 e. The van der Waals surface area contributed by atoms with E-state index in [2.05, 4.69) is 4.98 Å². The van der Waals surface area contributed by atoms with Crippen LogP contribution in [0.5, 0.6) is 0 Å². The Balaban J connectivity index is 1.65. The van der Waals surface area contributed by atoms with E-state index in [1.165, 1.54) is 0 Å². The molecule has 0 spiro atoms. The number of nitrogens with zero attached hydrogens (tertiary/aromatic N) is 2. The molecule has 8 heteroatoms. The maximum atomic E-state index is 12.8. The number of Topliss-reactive ketones (excluding diaryl/α,β-unsaturated/α-hetero) is 1. The first-order valence-electron chi connectivity index (χ1n) is 8.87. The number of β-amino-alcohol motifs (C(OH)–C–C–N with tert-alkyl or cyclic N) is 1. The third kappa shape index (κ3) is 4.81. The third-order valence-electron chi connectivity index (χ3n) is 5.09. The molecule has 26 heavy (non-hydrogen) atoms. The molecule has 2 saturated heterocycles. The van der Waals surface area contributed by atoms with Crippen LogP contribution in [-0.2, 0) is 22.1 Å². The van der Waals surface area contributed by atoms with E-state index in [1.807, 2.05) is 4.90 Å². The van der Waals surface area contributed by atoms with Gasteiger partial charge in [0, 0.05) is 38.2 Å². The van der Waals surface area contributed by atoms with Crippen LogP contribution in [0.3, 0.4) is 0 Å². The van der Waals surface area contributed by atoms with Crippen LogP contribution < -0.4 is 0 Å². The van der Waals surface area contributed by atoms with Crippen LogP contribution in [0.15, 0.2) is 18.3 Å². The molecule has 1 aromatic rings. The molecular formula is C18H23F3N2O3. The lowest BCUT2D eigenvalue weighted by atomic mass is 9.98. The summed E-state index contributed by atoms with van der Waals surface area (Å²) >= 11 is 0. The molecule has 0 aliphatic carbocycles. The van der Waals surface area contributed by atoms with Crippen molar-refractivity contribution in [1.82, 2.24) is 9.88 Å². The molecule has 5 nitrogen and oxygen atoms in total. The topological polar surface area (TPSA) is 62.7 Å². The molecule has 0 unspecified atom stereocenters. The molecule has 0 aromatic carbocycles. The van der Waals surface area contributed by atoms with Gasteiger partial charge in [0.25, 0.3) is 0 Å². The van der Waals surface area contributed by atoms with Gasteiger partial charge in [-0.2, -0.15) is 13.2 Å². The summed E-state index contributed by atoms with van der Waals surface area (Å²) in [6.45, 7) is 2.53. The van der Waals surface area contributed by atoms with Crippen LogP contribution in [0.2, 0.25) is 0 Å². The molecule has 0 saturated carbocycles.